The van der Waals surface area contributed by atoms with Crippen molar-refractivity contribution in [2.45, 2.75) is 13.0 Å². The number of piperazine rings is 1. The molecule has 0 atom stereocenters. The van der Waals surface area contributed by atoms with Crippen molar-refractivity contribution in [2.75, 3.05) is 51.7 Å². The van der Waals surface area contributed by atoms with Gasteiger partial charge in [0.25, 0.3) is 0 Å². The Morgan fingerprint density at radius 2 is 1.77 bits per heavy atom. The monoisotopic (exact) mass is 523 g/mol. The van der Waals surface area contributed by atoms with Gasteiger partial charge in [-0.25, -0.2) is 9.97 Å². The van der Waals surface area contributed by atoms with E-state index in [9.17, 15) is 4.79 Å². The van der Waals surface area contributed by atoms with Crippen LogP contribution in [-0.4, -0.2) is 78.5 Å². The number of aliphatic imine (C=N–C) groups is 1. The van der Waals surface area contributed by atoms with E-state index in [0.717, 1.165) is 43.7 Å². The molecule has 1 fully saturated rings. The second-order valence-electron chi connectivity index (χ2n) is 6.98. The number of rotatable bonds is 6. The topological polar surface area (TPSA) is 77.0 Å². The molecule has 162 valence electrons. The van der Waals surface area contributed by atoms with Crippen molar-refractivity contribution in [1.29, 1.82) is 0 Å². The molecule has 1 aliphatic rings. The molecule has 1 aromatic carbocycles. The van der Waals surface area contributed by atoms with E-state index in [-0.39, 0.29) is 29.9 Å². The summed E-state index contributed by atoms with van der Waals surface area (Å²) < 4.78 is 0. The third-order valence-electron chi connectivity index (χ3n) is 4.94. The standard InChI is InChI=1S/C21H29N7O.HI/c1-22-20(27-13-15-28(16-14-27)21-23-10-6-11-24-21)25-12-9-19(29)26(2)17-18-7-4-3-5-8-18;/h3-8,10-11H,9,12-17H2,1-2H3,(H,22,25);1H. The van der Waals surface area contributed by atoms with E-state index in [1.807, 2.05) is 43.4 Å². The molecule has 1 aromatic heterocycles. The lowest BCUT2D eigenvalue weighted by atomic mass is 10.2. The lowest BCUT2D eigenvalue weighted by Gasteiger charge is -2.36. The molecule has 0 bridgehead atoms. The Balaban J connectivity index is 0.00000320. The fraction of sp³-hybridized carbons (Fsp3) is 0.429. The zero-order chi connectivity index (χ0) is 20.5. The summed E-state index contributed by atoms with van der Waals surface area (Å²) in [5, 5.41) is 3.32. The van der Waals surface area contributed by atoms with Crippen LogP contribution >= 0.6 is 24.0 Å². The molecule has 1 aliphatic heterocycles. The summed E-state index contributed by atoms with van der Waals surface area (Å²) in [5.41, 5.74) is 1.13. The Labute approximate surface area is 195 Å². The van der Waals surface area contributed by atoms with Crippen molar-refractivity contribution in [3.05, 3.63) is 54.4 Å². The average Bonchev–Trinajstić information content (AvgIpc) is 2.78. The molecule has 8 nitrogen and oxygen atoms in total. The second kappa shape index (κ2) is 12.3. The quantitative estimate of drug-likeness (QED) is 0.354. The Bertz CT molecular complexity index is 796. The van der Waals surface area contributed by atoms with Crippen LogP contribution in [0, 0.1) is 0 Å². The van der Waals surface area contributed by atoms with Crippen molar-refractivity contribution in [3.8, 4) is 0 Å². The molecule has 2 aromatic rings. The van der Waals surface area contributed by atoms with Gasteiger partial charge in [-0.1, -0.05) is 30.3 Å². The molecule has 0 radical (unpaired) electrons. The number of guanidine groups is 1. The van der Waals surface area contributed by atoms with Gasteiger partial charge >= 0.3 is 0 Å². The molecule has 3 rings (SSSR count). The fourth-order valence-electron chi connectivity index (χ4n) is 3.32. The number of amides is 1. The predicted octanol–water partition coefficient (Wildman–Crippen LogP) is 1.84. The molecule has 9 heteroatoms. The van der Waals surface area contributed by atoms with Gasteiger partial charge in [-0.05, 0) is 11.6 Å². The molecule has 1 saturated heterocycles. The number of benzene rings is 1. The number of nitrogens with one attached hydrogen (secondary N) is 1. The first-order valence-electron chi connectivity index (χ1n) is 9.93. The van der Waals surface area contributed by atoms with Crippen LogP contribution in [0.15, 0.2) is 53.8 Å². The van der Waals surface area contributed by atoms with Gasteiger partial charge in [0.1, 0.15) is 0 Å². The first-order chi connectivity index (χ1) is 14.2. The first-order valence-corrected chi connectivity index (χ1v) is 9.93. The fourth-order valence-corrected chi connectivity index (χ4v) is 3.32. The van der Waals surface area contributed by atoms with Gasteiger partial charge < -0.3 is 20.0 Å². The van der Waals surface area contributed by atoms with Crippen LogP contribution in [0.4, 0.5) is 5.95 Å². The highest BCUT2D eigenvalue weighted by Gasteiger charge is 2.21. The molecule has 2 heterocycles. The largest absolute Gasteiger partial charge is 0.356 e. The van der Waals surface area contributed by atoms with E-state index in [0.29, 0.717) is 19.5 Å². The third kappa shape index (κ3) is 6.82. The first kappa shape index (κ1) is 23.8. The van der Waals surface area contributed by atoms with Crippen LogP contribution in [0.25, 0.3) is 0 Å². The summed E-state index contributed by atoms with van der Waals surface area (Å²) in [6, 6.07) is 11.8. The number of hydrogen-bond donors (Lipinski definition) is 1. The van der Waals surface area contributed by atoms with E-state index in [1.54, 1.807) is 24.3 Å². The summed E-state index contributed by atoms with van der Waals surface area (Å²) in [6.45, 7) is 4.52. The lowest BCUT2D eigenvalue weighted by molar-refractivity contribution is -0.130. The zero-order valence-electron chi connectivity index (χ0n) is 17.6. The van der Waals surface area contributed by atoms with Crippen molar-refractivity contribution < 1.29 is 4.79 Å². The molecule has 0 unspecified atom stereocenters. The highest BCUT2D eigenvalue weighted by molar-refractivity contribution is 14.0. The normalized spacial score (nSPS) is 14.1. The minimum absolute atomic E-state index is 0. The molecule has 0 aliphatic carbocycles. The summed E-state index contributed by atoms with van der Waals surface area (Å²) in [6.07, 6.45) is 3.96. The number of anilines is 1. The minimum Gasteiger partial charge on any atom is -0.356 e. The number of nitrogens with zero attached hydrogens (tertiary/aromatic N) is 6. The van der Waals surface area contributed by atoms with Gasteiger partial charge in [0.2, 0.25) is 11.9 Å². The minimum atomic E-state index is 0. The predicted molar refractivity (Wildman–Crippen MR) is 130 cm³/mol. The third-order valence-corrected chi connectivity index (χ3v) is 4.94. The maximum atomic E-state index is 12.4. The van der Waals surface area contributed by atoms with Crippen molar-refractivity contribution >= 4 is 41.8 Å². The van der Waals surface area contributed by atoms with E-state index >= 15 is 0 Å². The SMILES string of the molecule is CN=C(NCCC(=O)N(C)Cc1ccccc1)N1CCN(c2ncccn2)CC1.I. The number of carbonyl (C=O) groups excluding carboxylic acids is 1. The van der Waals surface area contributed by atoms with Crippen LogP contribution < -0.4 is 10.2 Å². The number of aromatic nitrogens is 2. The Kier molecular flexibility index (Phi) is 9.78. The lowest BCUT2D eigenvalue weighted by Crippen LogP contribution is -2.53. The summed E-state index contributed by atoms with van der Waals surface area (Å²) in [7, 11) is 3.62. The molecular formula is C21H30IN7O. The average molecular weight is 523 g/mol. The van der Waals surface area contributed by atoms with Gasteiger partial charge in [-0.2, -0.15) is 0 Å². The Morgan fingerprint density at radius 1 is 1.10 bits per heavy atom. The van der Waals surface area contributed by atoms with Gasteiger partial charge in [0.15, 0.2) is 5.96 Å². The zero-order valence-corrected chi connectivity index (χ0v) is 19.9. The highest BCUT2D eigenvalue weighted by Crippen LogP contribution is 2.10. The second-order valence-corrected chi connectivity index (χ2v) is 6.98. The molecular weight excluding hydrogens is 493 g/mol. The van der Waals surface area contributed by atoms with Gasteiger partial charge in [0, 0.05) is 72.2 Å². The number of carbonyl (C=O) groups is 1. The van der Waals surface area contributed by atoms with Crippen LogP contribution in [0.1, 0.15) is 12.0 Å². The molecule has 0 spiro atoms. The molecule has 0 saturated carbocycles. The van der Waals surface area contributed by atoms with Gasteiger partial charge in [-0.15, -0.1) is 24.0 Å². The Morgan fingerprint density at radius 3 is 2.40 bits per heavy atom. The van der Waals surface area contributed by atoms with Crippen LogP contribution in [0.3, 0.4) is 0 Å². The van der Waals surface area contributed by atoms with Crippen molar-refractivity contribution in [1.82, 2.24) is 25.1 Å². The van der Waals surface area contributed by atoms with Crippen LogP contribution in [0.5, 0.6) is 0 Å². The van der Waals surface area contributed by atoms with E-state index in [2.05, 4.69) is 30.1 Å². The van der Waals surface area contributed by atoms with Gasteiger partial charge in [0.05, 0.1) is 0 Å². The van der Waals surface area contributed by atoms with Crippen LogP contribution in [-0.2, 0) is 11.3 Å². The van der Waals surface area contributed by atoms with Crippen molar-refractivity contribution in [3.63, 3.8) is 0 Å². The smallest absolute Gasteiger partial charge is 0.225 e. The van der Waals surface area contributed by atoms with E-state index < -0.39 is 0 Å². The molecule has 1 N–H and O–H groups in total. The van der Waals surface area contributed by atoms with Gasteiger partial charge in [-0.3, -0.25) is 9.79 Å². The maximum Gasteiger partial charge on any atom is 0.225 e. The van der Waals surface area contributed by atoms with Crippen LogP contribution in [0.2, 0.25) is 0 Å². The summed E-state index contributed by atoms with van der Waals surface area (Å²) in [5.74, 6) is 1.71. The maximum absolute atomic E-state index is 12.4. The number of halogens is 1. The molecule has 1 amide bonds. The Hall–Kier alpha value is -2.43. The summed E-state index contributed by atoms with van der Waals surface area (Å²) in [4.78, 5) is 31.6. The van der Waals surface area contributed by atoms with E-state index in [4.69, 9.17) is 0 Å². The van der Waals surface area contributed by atoms with E-state index in [1.165, 1.54) is 0 Å². The number of hydrogen-bond acceptors (Lipinski definition) is 5. The highest BCUT2D eigenvalue weighted by atomic mass is 127. The summed E-state index contributed by atoms with van der Waals surface area (Å²) >= 11 is 0. The molecule has 30 heavy (non-hydrogen) atoms. The van der Waals surface area contributed by atoms with Crippen molar-refractivity contribution in [2.24, 2.45) is 4.99 Å².